The monoisotopic (exact) mass is 335 g/mol. The van der Waals surface area contributed by atoms with Crippen LogP contribution in [0.3, 0.4) is 0 Å². The number of fused-ring (bicyclic) bond motifs is 1. The predicted molar refractivity (Wildman–Crippen MR) is 92.7 cm³/mol. The summed E-state index contributed by atoms with van der Waals surface area (Å²) < 4.78 is 6.07. The fourth-order valence-electron chi connectivity index (χ4n) is 2.60. The molecule has 0 unspecified atom stereocenters. The summed E-state index contributed by atoms with van der Waals surface area (Å²) in [6.45, 7) is 8.07. The fourth-order valence-corrected chi connectivity index (χ4v) is 2.89. The third kappa shape index (κ3) is 2.96. The molecule has 0 bridgehead atoms. The molecule has 0 radical (unpaired) electrons. The average Bonchev–Trinajstić information content (AvgIpc) is 2.48. The van der Waals surface area contributed by atoms with Gasteiger partial charge in [-0.15, -0.1) is 0 Å². The molecule has 0 atom stereocenters. The van der Waals surface area contributed by atoms with Crippen molar-refractivity contribution in [3.63, 3.8) is 0 Å². The quantitative estimate of drug-likeness (QED) is 0.671. The molecule has 1 aliphatic heterocycles. The summed E-state index contributed by atoms with van der Waals surface area (Å²) in [7, 11) is 0. The number of nitrogens with zero attached hydrogens (tertiary/aromatic N) is 1. The number of hydrogen-bond donors (Lipinski definition) is 0. The Morgan fingerprint density at radius 3 is 2.50 bits per heavy atom. The van der Waals surface area contributed by atoms with Crippen molar-refractivity contribution in [2.24, 2.45) is 0 Å². The van der Waals surface area contributed by atoms with E-state index in [4.69, 9.17) is 27.9 Å². The highest BCUT2D eigenvalue weighted by molar-refractivity contribution is 6.42. The molecule has 0 aromatic heterocycles. The summed E-state index contributed by atoms with van der Waals surface area (Å²) in [6.07, 6.45) is 0. The van der Waals surface area contributed by atoms with Crippen molar-refractivity contribution >= 4 is 23.2 Å². The molecule has 0 N–H and O–H groups in total. The summed E-state index contributed by atoms with van der Waals surface area (Å²) in [5.74, 6) is 0.946. The smallest absolute Gasteiger partial charge is 0.142 e. The number of halogens is 2. The molecule has 4 heteroatoms. The van der Waals surface area contributed by atoms with Gasteiger partial charge in [0.1, 0.15) is 12.5 Å². The first kappa shape index (κ1) is 15.7. The van der Waals surface area contributed by atoms with E-state index in [1.165, 1.54) is 5.56 Å². The molecule has 0 saturated carbocycles. The van der Waals surface area contributed by atoms with E-state index in [-0.39, 0.29) is 5.54 Å². The van der Waals surface area contributed by atoms with Gasteiger partial charge in [0, 0.05) is 23.2 Å². The SMILES string of the molecule is CC(C)(C)N1COc2c(cccc2-c2ccc(Cl)c(Cl)c2)C1. The lowest BCUT2D eigenvalue weighted by Gasteiger charge is -2.39. The molecule has 0 aliphatic carbocycles. The van der Waals surface area contributed by atoms with E-state index in [9.17, 15) is 0 Å². The summed E-state index contributed by atoms with van der Waals surface area (Å²) in [6, 6.07) is 11.9. The lowest BCUT2D eigenvalue weighted by atomic mass is 9.98. The molecule has 1 heterocycles. The average molecular weight is 336 g/mol. The van der Waals surface area contributed by atoms with E-state index >= 15 is 0 Å². The van der Waals surface area contributed by atoms with Crippen LogP contribution >= 0.6 is 23.2 Å². The van der Waals surface area contributed by atoms with Crippen molar-refractivity contribution in [2.45, 2.75) is 32.9 Å². The Kier molecular flexibility index (Phi) is 4.11. The van der Waals surface area contributed by atoms with Gasteiger partial charge < -0.3 is 4.74 Å². The zero-order valence-corrected chi connectivity index (χ0v) is 14.5. The minimum absolute atomic E-state index is 0.0806. The molecule has 2 aromatic rings. The Balaban J connectivity index is 2.01. The van der Waals surface area contributed by atoms with Crippen molar-refractivity contribution in [1.29, 1.82) is 0 Å². The van der Waals surface area contributed by atoms with Crippen LogP contribution in [-0.2, 0) is 6.54 Å². The zero-order valence-electron chi connectivity index (χ0n) is 13.0. The van der Waals surface area contributed by atoms with Crippen LogP contribution in [0.1, 0.15) is 26.3 Å². The van der Waals surface area contributed by atoms with E-state index in [2.05, 4.69) is 43.9 Å². The molecule has 2 nitrogen and oxygen atoms in total. The van der Waals surface area contributed by atoms with Gasteiger partial charge >= 0.3 is 0 Å². The van der Waals surface area contributed by atoms with Gasteiger partial charge in [0.05, 0.1) is 10.0 Å². The highest BCUT2D eigenvalue weighted by Gasteiger charge is 2.28. The second-order valence-corrected chi connectivity index (χ2v) is 7.38. The van der Waals surface area contributed by atoms with Crippen LogP contribution in [0.15, 0.2) is 36.4 Å². The first-order valence-electron chi connectivity index (χ1n) is 7.31. The number of rotatable bonds is 1. The molecule has 1 aliphatic rings. The Morgan fingerprint density at radius 1 is 1.05 bits per heavy atom. The van der Waals surface area contributed by atoms with Gasteiger partial charge in [0.2, 0.25) is 0 Å². The van der Waals surface area contributed by atoms with Gasteiger partial charge in [-0.05, 0) is 38.5 Å². The van der Waals surface area contributed by atoms with E-state index < -0.39 is 0 Å². The topological polar surface area (TPSA) is 12.5 Å². The molecule has 22 heavy (non-hydrogen) atoms. The highest BCUT2D eigenvalue weighted by Crippen LogP contribution is 2.39. The van der Waals surface area contributed by atoms with Crippen LogP contribution in [0.4, 0.5) is 0 Å². The number of benzene rings is 2. The molecule has 3 rings (SSSR count). The Morgan fingerprint density at radius 2 is 1.82 bits per heavy atom. The molecule has 0 saturated heterocycles. The normalized spacial score (nSPS) is 15.3. The minimum Gasteiger partial charge on any atom is -0.477 e. The third-order valence-corrected chi connectivity index (χ3v) is 4.74. The molecule has 0 amide bonds. The maximum Gasteiger partial charge on any atom is 0.142 e. The van der Waals surface area contributed by atoms with Gasteiger partial charge in [-0.1, -0.05) is 47.5 Å². The van der Waals surface area contributed by atoms with Crippen molar-refractivity contribution in [1.82, 2.24) is 4.90 Å². The number of ether oxygens (including phenoxy) is 1. The van der Waals surface area contributed by atoms with Crippen LogP contribution in [-0.4, -0.2) is 17.2 Å². The summed E-state index contributed by atoms with van der Waals surface area (Å²) in [4.78, 5) is 2.31. The van der Waals surface area contributed by atoms with Crippen molar-refractivity contribution in [3.05, 3.63) is 52.0 Å². The molecular weight excluding hydrogens is 317 g/mol. The van der Waals surface area contributed by atoms with E-state index in [0.717, 1.165) is 23.4 Å². The Hall–Kier alpha value is -1.22. The maximum absolute atomic E-state index is 6.15. The minimum atomic E-state index is 0.0806. The fraction of sp³-hybridized carbons (Fsp3) is 0.333. The van der Waals surface area contributed by atoms with E-state index in [1.807, 2.05) is 18.2 Å². The van der Waals surface area contributed by atoms with Crippen LogP contribution in [0.5, 0.6) is 5.75 Å². The van der Waals surface area contributed by atoms with Gasteiger partial charge in [0.15, 0.2) is 0 Å². The number of hydrogen-bond acceptors (Lipinski definition) is 2. The largest absolute Gasteiger partial charge is 0.477 e. The lowest BCUT2D eigenvalue weighted by Crippen LogP contribution is -2.45. The Labute approximate surface area is 141 Å². The summed E-state index contributed by atoms with van der Waals surface area (Å²) in [5.41, 5.74) is 3.36. The summed E-state index contributed by atoms with van der Waals surface area (Å²) >= 11 is 12.2. The standard InChI is InChI=1S/C18H19Cl2NO/c1-18(2,3)21-10-13-5-4-6-14(17(13)22-11-21)12-7-8-15(19)16(20)9-12/h4-9H,10-11H2,1-3H3. The van der Waals surface area contributed by atoms with Crippen LogP contribution in [0.2, 0.25) is 10.0 Å². The summed E-state index contributed by atoms with van der Waals surface area (Å²) in [5, 5.41) is 1.12. The van der Waals surface area contributed by atoms with E-state index in [1.54, 1.807) is 0 Å². The van der Waals surface area contributed by atoms with Gasteiger partial charge in [-0.2, -0.15) is 0 Å². The van der Waals surface area contributed by atoms with Gasteiger partial charge in [0.25, 0.3) is 0 Å². The zero-order chi connectivity index (χ0) is 15.9. The van der Waals surface area contributed by atoms with Crippen LogP contribution < -0.4 is 4.74 Å². The van der Waals surface area contributed by atoms with Crippen LogP contribution in [0, 0.1) is 0 Å². The van der Waals surface area contributed by atoms with Gasteiger partial charge in [-0.25, -0.2) is 0 Å². The molecule has 0 spiro atoms. The van der Waals surface area contributed by atoms with Crippen LogP contribution in [0.25, 0.3) is 11.1 Å². The number of para-hydroxylation sites is 1. The maximum atomic E-state index is 6.15. The van der Waals surface area contributed by atoms with Crippen molar-refractivity contribution in [3.8, 4) is 16.9 Å². The molecule has 0 fully saturated rings. The second-order valence-electron chi connectivity index (χ2n) is 6.56. The predicted octanol–water partition coefficient (Wildman–Crippen LogP) is 5.61. The first-order chi connectivity index (χ1) is 10.4. The van der Waals surface area contributed by atoms with E-state index in [0.29, 0.717) is 16.8 Å². The highest BCUT2D eigenvalue weighted by atomic mass is 35.5. The molecule has 2 aromatic carbocycles. The van der Waals surface area contributed by atoms with Crippen molar-refractivity contribution < 1.29 is 4.74 Å². The third-order valence-electron chi connectivity index (χ3n) is 4.00. The molecular formula is C18H19Cl2NO. The first-order valence-corrected chi connectivity index (χ1v) is 8.07. The second kappa shape index (κ2) is 5.77. The van der Waals surface area contributed by atoms with Gasteiger partial charge in [-0.3, -0.25) is 4.90 Å². The van der Waals surface area contributed by atoms with Crippen molar-refractivity contribution in [2.75, 3.05) is 6.73 Å². The molecule has 116 valence electrons. The Bertz CT molecular complexity index is 707. The lowest BCUT2D eigenvalue weighted by molar-refractivity contribution is 0.0222.